The second kappa shape index (κ2) is 11.6. The van der Waals surface area contributed by atoms with Gasteiger partial charge in [-0.25, -0.2) is 4.39 Å². The van der Waals surface area contributed by atoms with E-state index in [0.29, 0.717) is 5.56 Å². The van der Waals surface area contributed by atoms with Crippen molar-refractivity contribution < 1.29 is 19.0 Å². The molecule has 0 aromatic heterocycles. The molecule has 35 heavy (non-hydrogen) atoms. The molecule has 0 saturated carbocycles. The zero-order chi connectivity index (χ0) is 24.8. The van der Waals surface area contributed by atoms with Gasteiger partial charge in [0.15, 0.2) is 0 Å². The molecule has 0 fully saturated rings. The number of fused-ring (bicyclic) bond motifs is 1. The van der Waals surface area contributed by atoms with E-state index in [-0.39, 0.29) is 24.7 Å². The second-order valence-corrected chi connectivity index (χ2v) is 10.0. The molecule has 1 aliphatic heterocycles. The summed E-state index contributed by atoms with van der Waals surface area (Å²) in [5.41, 5.74) is 6.97. The van der Waals surface area contributed by atoms with Crippen molar-refractivity contribution in [2.45, 2.75) is 45.1 Å². The van der Waals surface area contributed by atoms with E-state index in [2.05, 4.69) is 54.9 Å². The monoisotopic (exact) mass is 493 g/mol. The molecule has 0 bridgehead atoms. The van der Waals surface area contributed by atoms with Gasteiger partial charge < -0.3 is 15.2 Å². The van der Waals surface area contributed by atoms with Crippen LogP contribution >= 0.6 is 11.8 Å². The average Bonchev–Trinajstić information content (AvgIpc) is 2.85. The lowest BCUT2D eigenvalue weighted by molar-refractivity contribution is -0.136. The molecule has 4 rings (SSSR count). The summed E-state index contributed by atoms with van der Waals surface area (Å²) < 4.78 is 20.5. The largest absolute Gasteiger partial charge is 0.494 e. The van der Waals surface area contributed by atoms with Crippen molar-refractivity contribution in [3.8, 4) is 16.9 Å². The van der Waals surface area contributed by atoms with Crippen LogP contribution in [0.4, 0.5) is 10.1 Å². The van der Waals surface area contributed by atoms with Gasteiger partial charge in [0.2, 0.25) is 0 Å². The number of rotatable bonds is 10. The van der Waals surface area contributed by atoms with Crippen molar-refractivity contribution in [3.63, 3.8) is 0 Å². The molecule has 0 spiro atoms. The molecule has 2 N–H and O–H groups in total. The van der Waals surface area contributed by atoms with Crippen LogP contribution in [0, 0.1) is 12.7 Å². The van der Waals surface area contributed by atoms with Gasteiger partial charge in [-0.15, -0.1) is 0 Å². The number of halogens is 1. The zero-order valence-electron chi connectivity index (χ0n) is 20.3. The van der Waals surface area contributed by atoms with E-state index in [1.54, 1.807) is 0 Å². The minimum absolute atomic E-state index is 0.0664. The van der Waals surface area contributed by atoms with Crippen molar-refractivity contribution in [2.75, 3.05) is 23.9 Å². The standard InChI is InChI=1S/C29H32FNO3S/c1-19-15-24(34-13-4-14-35-2)9-10-25(19)20-5-3-6-22(16-20)27-11-7-23-17-21(8-12-29(32)33)26(30)18-28(23)31-27/h3,5-6,9-10,15-18,27,31H,4,7-8,11-14H2,1-2H3,(H,32,33). The number of hydrogen-bond donors (Lipinski definition) is 2. The Morgan fingerprint density at radius 3 is 2.83 bits per heavy atom. The number of nitrogens with one attached hydrogen (secondary N) is 1. The van der Waals surface area contributed by atoms with Crippen molar-refractivity contribution in [1.29, 1.82) is 0 Å². The molecule has 184 valence electrons. The van der Waals surface area contributed by atoms with Crippen molar-refractivity contribution in [3.05, 3.63) is 82.7 Å². The van der Waals surface area contributed by atoms with Crippen LogP contribution in [0.2, 0.25) is 0 Å². The van der Waals surface area contributed by atoms with Crippen LogP contribution in [0.25, 0.3) is 11.1 Å². The van der Waals surface area contributed by atoms with E-state index in [1.807, 2.05) is 23.9 Å². The fourth-order valence-electron chi connectivity index (χ4n) is 4.62. The van der Waals surface area contributed by atoms with Gasteiger partial charge in [-0.1, -0.05) is 30.3 Å². The number of hydrogen-bond acceptors (Lipinski definition) is 4. The average molecular weight is 494 g/mol. The van der Waals surface area contributed by atoms with Gasteiger partial charge in [-0.3, -0.25) is 4.79 Å². The third kappa shape index (κ3) is 6.37. The topological polar surface area (TPSA) is 58.6 Å². The predicted molar refractivity (Wildman–Crippen MR) is 142 cm³/mol. The van der Waals surface area contributed by atoms with E-state index in [4.69, 9.17) is 9.84 Å². The molecule has 0 amide bonds. The summed E-state index contributed by atoms with van der Waals surface area (Å²) in [6, 6.07) is 18.2. The molecule has 1 unspecified atom stereocenters. The van der Waals surface area contributed by atoms with Gasteiger partial charge in [0.25, 0.3) is 0 Å². The maximum Gasteiger partial charge on any atom is 0.303 e. The highest BCUT2D eigenvalue weighted by Gasteiger charge is 2.22. The Labute approximate surface area is 210 Å². The number of benzene rings is 3. The second-order valence-electron chi connectivity index (χ2n) is 9.03. The Bertz CT molecular complexity index is 1200. The SMILES string of the molecule is CSCCCOc1ccc(-c2cccc(C3CCc4cc(CCC(=O)O)c(F)cc4N3)c2)c(C)c1. The smallest absolute Gasteiger partial charge is 0.303 e. The lowest BCUT2D eigenvalue weighted by atomic mass is 9.90. The molecular weight excluding hydrogens is 461 g/mol. The number of thioether (sulfide) groups is 1. The Morgan fingerprint density at radius 2 is 2.06 bits per heavy atom. The van der Waals surface area contributed by atoms with Crippen LogP contribution in [0.3, 0.4) is 0 Å². The first kappa shape index (κ1) is 25.1. The summed E-state index contributed by atoms with van der Waals surface area (Å²) in [5.74, 6) is 0.739. The fraction of sp³-hybridized carbons (Fsp3) is 0.345. The summed E-state index contributed by atoms with van der Waals surface area (Å²) in [6.07, 6.45) is 4.99. The Balaban J connectivity index is 1.48. The molecule has 1 heterocycles. The highest BCUT2D eigenvalue weighted by atomic mass is 32.2. The molecular formula is C29H32FNO3S. The van der Waals surface area contributed by atoms with Gasteiger partial charge in [-0.2, -0.15) is 11.8 Å². The van der Waals surface area contributed by atoms with E-state index in [0.717, 1.165) is 54.2 Å². The van der Waals surface area contributed by atoms with Crippen LogP contribution in [0.15, 0.2) is 54.6 Å². The first-order valence-electron chi connectivity index (χ1n) is 12.1. The quantitative estimate of drug-likeness (QED) is 0.296. The number of anilines is 1. The van der Waals surface area contributed by atoms with Crippen LogP contribution in [-0.2, 0) is 17.6 Å². The van der Waals surface area contributed by atoms with Gasteiger partial charge in [-0.05, 0) is 102 Å². The summed E-state index contributed by atoms with van der Waals surface area (Å²) in [5, 5.41) is 12.4. The van der Waals surface area contributed by atoms with Crippen LogP contribution < -0.4 is 10.1 Å². The first-order valence-corrected chi connectivity index (χ1v) is 13.5. The minimum atomic E-state index is -0.913. The lowest BCUT2D eigenvalue weighted by Gasteiger charge is -2.28. The van der Waals surface area contributed by atoms with Gasteiger partial charge in [0.05, 0.1) is 12.6 Å². The first-order chi connectivity index (χ1) is 16.9. The molecule has 0 radical (unpaired) electrons. The Morgan fingerprint density at radius 1 is 1.20 bits per heavy atom. The number of carboxylic acid groups (broad SMARTS) is 1. The van der Waals surface area contributed by atoms with E-state index < -0.39 is 5.97 Å². The van der Waals surface area contributed by atoms with E-state index >= 15 is 0 Å². The third-order valence-electron chi connectivity index (χ3n) is 6.47. The normalized spacial score (nSPS) is 14.8. The Kier molecular flexibility index (Phi) is 8.34. The van der Waals surface area contributed by atoms with E-state index in [1.165, 1.54) is 22.8 Å². The summed E-state index contributed by atoms with van der Waals surface area (Å²) in [4.78, 5) is 10.9. The molecule has 1 aliphatic rings. The van der Waals surface area contributed by atoms with Crippen LogP contribution in [0.1, 0.15) is 47.6 Å². The number of aliphatic carboxylic acids is 1. The zero-order valence-corrected chi connectivity index (χ0v) is 21.1. The van der Waals surface area contributed by atoms with Crippen molar-refractivity contribution >= 4 is 23.4 Å². The maximum absolute atomic E-state index is 14.6. The molecule has 0 aliphatic carbocycles. The fourth-order valence-corrected chi connectivity index (χ4v) is 5.03. The number of ether oxygens (including phenoxy) is 1. The van der Waals surface area contributed by atoms with Gasteiger partial charge >= 0.3 is 5.97 Å². The number of carboxylic acids is 1. The molecule has 1 atom stereocenters. The summed E-state index contributed by atoms with van der Waals surface area (Å²) >= 11 is 1.83. The number of aryl methyl sites for hydroxylation is 3. The number of carbonyl (C=O) groups is 1. The highest BCUT2D eigenvalue weighted by Crippen LogP contribution is 2.36. The molecule has 3 aromatic carbocycles. The van der Waals surface area contributed by atoms with Crippen molar-refractivity contribution in [1.82, 2.24) is 0 Å². The lowest BCUT2D eigenvalue weighted by Crippen LogP contribution is -2.19. The summed E-state index contributed by atoms with van der Waals surface area (Å²) in [7, 11) is 0. The third-order valence-corrected chi connectivity index (χ3v) is 7.17. The molecule has 0 saturated heterocycles. The molecule has 4 nitrogen and oxygen atoms in total. The Hall–Kier alpha value is -2.99. The highest BCUT2D eigenvalue weighted by molar-refractivity contribution is 7.98. The predicted octanol–water partition coefficient (Wildman–Crippen LogP) is 7.05. The minimum Gasteiger partial charge on any atom is -0.494 e. The van der Waals surface area contributed by atoms with E-state index in [9.17, 15) is 9.18 Å². The summed E-state index contributed by atoms with van der Waals surface area (Å²) in [6.45, 7) is 2.84. The van der Waals surface area contributed by atoms with Crippen LogP contribution in [-0.4, -0.2) is 29.7 Å². The van der Waals surface area contributed by atoms with Crippen molar-refractivity contribution in [2.24, 2.45) is 0 Å². The molecule has 6 heteroatoms. The van der Waals surface area contributed by atoms with Crippen LogP contribution in [0.5, 0.6) is 5.75 Å². The molecule has 3 aromatic rings. The van der Waals surface area contributed by atoms with Gasteiger partial charge in [0, 0.05) is 12.1 Å². The maximum atomic E-state index is 14.6. The van der Waals surface area contributed by atoms with Gasteiger partial charge in [0.1, 0.15) is 11.6 Å².